The van der Waals surface area contributed by atoms with Crippen LogP contribution < -0.4 is 5.32 Å². The van der Waals surface area contributed by atoms with Crippen molar-refractivity contribution in [1.29, 1.82) is 0 Å². The molecule has 0 bridgehead atoms. The Balaban J connectivity index is 0.00000220. The van der Waals surface area contributed by atoms with Crippen molar-refractivity contribution in [3.05, 3.63) is 27.7 Å². The Hall–Kier alpha value is 0.150. The average molecular weight is 418 g/mol. The number of halogens is 3. The van der Waals surface area contributed by atoms with Crippen molar-refractivity contribution in [2.75, 3.05) is 19.6 Å². The molecule has 8 heteroatoms. The van der Waals surface area contributed by atoms with Gasteiger partial charge in [0.1, 0.15) is 4.90 Å². The number of sulfonamides is 1. The van der Waals surface area contributed by atoms with Gasteiger partial charge in [0.25, 0.3) is 0 Å². The normalized spacial score (nSPS) is 20.0. The van der Waals surface area contributed by atoms with Crippen LogP contribution in [0.5, 0.6) is 0 Å². The molecule has 1 aliphatic heterocycles. The molecule has 21 heavy (non-hydrogen) atoms. The molecular weight excluding hydrogens is 399 g/mol. The van der Waals surface area contributed by atoms with Crippen molar-refractivity contribution in [1.82, 2.24) is 9.62 Å². The molecule has 120 valence electrons. The van der Waals surface area contributed by atoms with Gasteiger partial charge >= 0.3 is 0 Å². The molecule has 0 radical (unpaired) electrons. The summed E-state index contributed by atoms with van der Waals surface area (Å²) in [7, 11) is -3.56. The minimum atomic E-state index is -3.56. The first-order valence-electron chi connectivity index (χ1n) is 6.65. The molecule has 0 spiro atoms. The highest BCUT2D eigenvalue weighted by molar-refractivity contribution is 9.10. The van der Waals surface area contributed by atoms with Crippen LogP contribution in [0.4, 0.5) is 0 Å². The molecule has 0 amide bonds. The smallest absolute Gasteiger partial charge is 0.244 e. The van der Waals surface area contributed by atoms with Crippen LogP contribution in [-0.4, -0.2) is 38.4 Å². The van der Waals surface area contributed by atoms with E-state index in [1.807, 2.05) is 0 Å². The SMILES string of the molecule is CCCC1CNCCN1S(=O)(=O)c1cccc(Br)c1Cl.Cl. The summed E-state index contributed by atoms with van der Waals surface area (Å²) < 4.78 is 27.9. The molecule has 1 saturated heterocycles. The summed E-state index contributed by atoms with van der Waals surface area (Å²) in [4.78, 5) is 0.177. The van der Waals surface area contributed by atoms with Gasteiger partial charge < -0.3 is 5.32 Å². The van der Waals surface area contributed by atoms with Crippen molar-refractivity contribution in [2.24, 2.45) is 0 Å². The van der Waals surface area contributed by atoms with E-state index in [1.165, 1.54) is 0 Å². The van der Waals surface area contributed by atoms with Gasteiger partial charge in [-0.3, -0.25) is 0 Å². The van der Waals surface area contributed by atoms with Crippen LogP contribution in [0.1, 0.15) is 19.8 Å². The minimum Gasteiger partial charge on any atom is -0.314 e. The first kappa shape index (κ1) is 19.2. The molecule has 1 N–H and O–H groups in total. The van der Waals surface area contributed by atoms with Crippen molar-refractivity contribution in [3.63, 3.8) is 0 Å². The van der Waals surface area contributed by atoms with Gasteiger partial charge in [0.2, 0.25) is 10.0 Å². The molecule has 1 aliphatic rings. The molecule has 1 unspecified atom stereocenters. The molecule has 1 heterocycles. The van der Waals surface area contributed by atoms with Crippen molar-refractivity contribution in [3.8, 4) is 0 Å². The molecular formula is C13H19BrCl2N2O2S. The molecule has 0 saturated carbocycles. The van der Waals surface area contributed by atoms with E-state index in [2.05, 4.69) is 28.2 Å². The van der Waals surface area contributed by atoms with E-state index in [-0.39, 0.29) is 28.4 Å². The summed E-state index contributed by atoms with van der Waals surface area (Å²) in [6.07, 6.45) is 1.79. The van der Waals surface area contributed by atoms with Gasteiger partial charge in [-0.15, -0.1) is 12.4 Å². The highest BCUT2D eigenvalue weighted by Gasteiger charge is 2.34. The van der Waals surface area contributed by atoms with Gasteiger partial charge in [0.05, 0.1) is 5.02 Å². The summed E-state index contributed by atoms with van der Waals surface area (Å²) in [5.74, 6) is 0. The maximum atomic E-state index is 12.8. The zero-order valence-electron chi connectivity index (χ0n) is 11.7. The third-order valence-corrected chi connectivity index (χ3v) is 6.82. The number of rotatable bonds is 4. The maximum Gasteiger partial charge on any atom is 0.244 e. The van der Waals surface area contributed by atoms with Gasteiger partial charge in [-0.05, 0) is 34.5 Å². The van der Waals surface area contributed by atoms with E-state index in [0.29, 0.717) is 24.1 Å². The summed E-state index contributed by atoms with van der Waals surface area (Å²) >= 11 is 9.43. The van der Waals surface area contributed by atoms with Crippen LogP contribution in [0.2, 0.25) is 5.02 Å². The molecule has 1 aromatic carbocycles. The molecule has 0 aromatic heterocycles. The molecule has 1 atom stereocenters. The maximum absolute atomic E-state index is 12.8. The van der Waals surface area contributed by atoms with Gasteiger partial charge in [0, 0.05) is 30.1 Å². The van der Waals surface area contributed by atoms with Gasteiger partial charge in [-0.25, -0.2) is 8.42 Å². The van der Waals surface area contributed by atoms with Crippen molar-refractivity contribution in [2.45, 2.75) is 30.7 Å². The fourth-order valence-electron chi connectivity index (χ4n) is 2.45. The Bertz CT molecular complexity index is 582. The predicted octanol–water partition coefficient (Wildman–Crippen LogP) is 3.29. The number of benzene rings is 1. The zero-order chi connectivity index (χ0) is 14.8. The highest BCUT2D eigenvalue weighted by Crippen LogP contribution is 2.32. The molecule has 0 aliphatic carbocycles. The predicted molar refractivity (Wildman–Crippen MR) is 91.9 cm³/mol. The Morgan fingerprint density at radius 2 is 2.19 bits per heavy atom. The standard InChI is InChI=1S/C13H18BrClN2O2S.ClH/c1-2-4-10-9-16-7-8-17(10)20(18,19)12-6-3-5-11(14)13(12)15;/h3,5-6,10,16H,2,4,7-9H2,1H3;1H. The average Bonchev–Trinajstić information content (AvgIpc) is 2.42. The first-order valence-corrected chi connectivity index (χ1v) is 9.26. The van der Waals surface area contributed by atoms with Crippen LogP contribution >= 0.6 is 39.9 Å². The van der Waals surface area contributed by atoms with Crippen molar-refractivity contribution < 1.29 is 8.42 Å². The topological polar surface area (TPSA) is 49.4 Å². The van der Waals surface area contributed by atoms with E-state index < -0.39 is 10.0 Å². The Labute approximate surface area is 145 Å². The monoisotopic (exact) mass is 416 g/mol. The van der Waals surface area contributed by atoms with Crippen LogP contribution in [0.25, 0.3) is 0 Å². The van der Waals surface area contributed by atoms with Crippen LogP contribution in [0.3, 0.4) is 0 Å². The fraction of sp³-hybridized carbons (Fsp3) is 0.538. The number of hydrogen-bond donors (Lipinski definition) is 1. The molecule has 4 nitrogen and oxygen atoms in total. The molecule has 1 aromatic rings. The second-order valence-electron chi connectivity index (χ2n) is 4.81. The second kappa shape index (κ2) is 8.13. The lowest BCUT2D eigenvalue weighted by molar-refractivity contribution is 0.254. The van der Waals surface area contributed by atoms with E-state index in [9.17, 15) is 8.42 Å². The zero-order valence-corrected chi connectivity index (χ0v) is 15.7. The molecule has 1 fully saturated rings. The third kappa shape index (κ3) is 4.12. The number of nitrogens with zero attached hydrogens (tertiary/aromatic N) is 1. The van der Waals surface area contributed by atoms with E-state index in [0.717, 1.165) is 12.8 Å². The van der Waals surface area contributed by atoms with E-state index in [1.54, 1.807) is 22.5 Å². The van der Waals surface area contributed by atoms with Gasteiger partial charge in [-0.2, -0.15) is 4.31 Å². The highest BCUT2D eigenvalue weighted by atomic mass is 79.9. The number of nitrogens with one attached hydrogen (secondary N) is 1. The fourth-order valence-corrected chi connectivity index (χ4v) is 5.11. The van der Waals surface area contributed by atoms with E-state index >= 15 is 0 Å². The van der Waals surface area contributed by atoms with Gasteiger partial charge in [-0.1, -0.05) is 31.0 Å². The Kier molecular flexibility index (Phi) is 7.43. The lowest BCUT2D eigenvalue weighted by Crippen LogP contribution is -2.53. The van der Waals surface area contributed by atoms with E-state index in [4.69, 9.17) is 11.6 Å². The Morgan fingerprint density at radius 3 is 2.86 bits per heavy atom. The minimum absolute atomic E-state index is 0. The third-order valence-electron chi connectivity index (χ3n) is 3.42. The quantitative estimate of drug-likeness (QED) is 0.817. The summed E-state index contributed by atoms with van der Waals surface area (Å²) in [6.45, 7) is 3.91. The lowest BCUT2D eigenvalue weighted by Gasteiger charge is -2.35. The number of hydrogen-bond acceptors (Lipinski definition) is 3. The molecule has 2 rings (SSSR count). The second-order valence-corrected chi connectivity index (χ2v) is 7.91. The van der Waals surface area contributed by atoms with Crippen molar-refractivity contribution >= 4 is 50.0 Å². The summed E-state index contributed by atoms with van der Waals surface area (Å²) in [5, 5.41) is 3.50. The first-order chi connectivity index (χ1) is 9.48. The summed E-state index contributed by atoms with van der Waals surface area (Å²) in [6, 6.07) is 4.99. The van der Waals surface area contributed by atoms with Crippen LogP contribution in [-0.2, 0) is 10.0 Å². The van der Waals surface area contributed by atoms with Crippen LogP contribution in [0, 0.1) is 0 Å². The number of piperazine rings is 1. The lowest BCUT2D eigenvalue weighted by atomic mass is 10.1. The summed E-state index contributed by atoms with van der Waals surface area (Å²) in [5.41, 5.74) is 0. The Morgan fingerprint density at radius 1 is 1.48 bits per heavy atom. The van der Waals surface area contributed by atoms with Gasteiger partial charge in [0.15, 0.2) is 0 Å². The largest absolute Gasteiger partial charge is 0.314 e. The van der Waals surface area contributed by atoms with Crippen LogP contribution in [0.15, 0.2) is 27.6 Å².